The Kier molecular flexibility index (Phi) is 6.80. The topological polar surface area (TPSA) is 43.9 Å². The molecular formula is C30H33N3O2. The van der Waals surface area contributed by atoms with E-state index in [1.54, 1.807) is 12.1 Å². The van der Waals surface area contributed by atoms with Crippen molar-refractivity contribution in [3.05, 3.63) is 107 Å². The van der Waals surface area contributed by atoms with E-state index in [-0.39, 0.29) is 23.9 Å². The monoisotopic (exact) mass is 467 g/mol. The van der Waals surface area contributed by atoms with E-state index in [2.05, 4.69) is 77.4 Å². The van der Waals surface area contributed by atoms with Gasteiger partial charge in [-0.3, -0.25) is 24.3 Å². The fourth-order valence-corrected chi connectivity index (χ4v) is 5.56. The minimum atomic E-state index is -0.162. The Morgan fingerprint density at radius 3 is 1.80 bits per heavy atom. The van der Waals surface area contributed by atoms with Gasteiger partial charge in [-0.05, 0) is 43.5 Å². The van der Waals surface area contributed by atoms with Crippen LogP contribution in [-0.4, -0.2) is 64.8 Å². The first-order valence-electron chi connectivity index (χ1n) is 12.6. The third-order valence-electron chi connectivity index (χ3n) is 7.49. The molecule has 2 aliphatic heterocycles. The van der Waals surface area contributed by atoms with Crippen LogP contribution >= 0.6 is 0 Å². The van der Waals surface area contributed by atoms with Crippen LogP contribution in [0, 0.1) is 0 Å². The van der Waals surface area contributed by atoms with Gasteiger partial charge in [0.25, 0.3) is 11.8 Å². The molecule has 35 heavy (non-hydrogen) atoms. The normalized spacial score (nSPS) is 19.9. The van der Waals surface area contributed by atoms with Crippen LogP contribution < -0.4 is 0 Å². The van der Waals surface area contributed by atoms with Crippen molar-refractivity contribution in [3.8, 4) is 0 Å². The molecular weight excluding hydrogens is 434 g/mol. The Balaban J connectivity index is 1.23. The molecule has 1 saturated heterocycles. The molecule has 2 unspecified atom stereocenters. The highest BCUT2D eigenvalue weighted by Gasteiger charge is 2.38. The summed E-state index contributed by atoms with van der Waals surface area (Å²) in [6, 6.07) is 29.1. The number of nitrogens with zero attached hydrogens (tertiary/aromatic N) is 3. The summed E-state index contributed by atoms with van der Waals surface area (Å²) in [6.45, 7) is 8.04. The predicted octanol–water partition coefficient (Wildman–Crippen LogP) is 4.86. The van der Waals surface area contributed by atoms with Gasteiger partial charge in [-0.15, -0.1) is 0 Å². The third kappa shape index (κ3) is 4.66. The van der Waals surface area contributed by atoms with Crippen LogP contribution in [0.25, 0.3) is 0 Å². The van der Waals surface area contributed by atoms with Gasteiger partial charge in [-0.2, -0.15) is 0 Å². The molecule has 0 aliphatic carbocycles. The van der Waals surface area contributed by atoms with E-state index in [0.29, 0.717) is 17.2 Å². The fraction of sp³-hybridized carbons (Fsp3) is 0.333. The Morgan fingerprint density at radius 2 is 1.29 bits per heavy atom. The Morgan fingerprint density at radius 1 is 0.771 bits per heavy atom. The maximum absolute atomic E-state index is 12.8. The van der Waals surface area contributed by atoms with Crippen LogP contribution in [0.3, 0.4) is 0 Å². The molecule has 5 rings (SSSR count). The molecule has 3 aromatic carbocycles. The molecule has 3 aromatic rings. The zero-order valence-electron chi connectivity index (χ0n) is 20.5. The summed E-state index contributed by atoms with van der Waals surface area (Å²) >= 11 is 0. The van der Waals surface area contributed by atoms with Gasteiger partial charge < -0.3 is 0 Å². The smallest absolute Gasteiger partial charge is 0.261 e. The Hall–Kier alpha value is -3.28. The van der Waals surface area contributed by atoms with Crippen molar-refractivity contribution in [2.75, 3.05) is 26.2 Å². The second-order valence-corrected chi connectivity index (χ2v) is 9.77. The predicted molar refractivity (Wildman–Crippen MR) is 138 cm³/mol. The summed E-state index contributed by atoms with van der Waals surface area (Å²) < 4.78 is 0. The molecule has 0 radical (unpaired) electrons. The Labute approximate surface area is 208 Å². The number of amides is 2. The lowest BCUT2D eigenvalue weighted by Crippen LogP contribution is -2.53. The van der Waals surface area contributed by atoms with E-state index < -0.39 is 0 Å². The maximum Gasteiger partial charge on any atom is 0.261 e. The van der Waals surface area contributed by atoms with Gasteiger partial charge in [0.2, 0.25) is 0 Å². The minimum Gasteiger partial charge on any atom is -0.298 e. The SMILES string of the molecule is CC1CN(C(c2ccccc2)c2ccccc2)CCN1CCC(C)N1C(=O)c2ccccc2C1=O. The molecule has 5 heteroatoms. The quantitative estimate of drug-likeness (QED) is 0.466. The highest BCUT2D eigenvalue weighted by molar-refractivity contribution is 6.21. The summed E-state index contributed by atoms with van der Waals surface area (Å²) in [4.78, 5) is 32.2. The molecule has 0 spiro atoms. The van der Waals surface area contributed by atoms with E-state index in [4.69, 9.17) is 0 Å². The van der Waals surface area contributed by atoms with Gasteiger partial charge in [0.1, 0.15) is 0 Å². The summed E-state index contributed by atoms with van der Waals surface area (Å²) in [5.41, 5.74) is 3.69. The van der Waals surface area contributed by atoms with Crippen molar-refractivity contribution >= 4 is 11.8 Å². The molecule has 0 saturated carbocycles. The van der Waals surface area contributed by atoms with Crippen LogP contribution in [-0.2, 0) is 0 Å². The molecule has 0 aromatic heterocycles. The van der Waals surface area contributed by atoms with Crippen molar-refractivity contribution in [2.24, 2.45) is 0 Å². The number of hydrogen-bond acceptors (Lipinski definition) is 4. The standard InChI is InChI=1S/C30H33N3O2/c1-22(33-29(34)26-15-9-10-16-27(26)30(33)35)17-18-31-19-20-32(21-23(31)2)28(24-11-5-3-6-12-24)25-13-7-4-8-14-25/h3-16,22-23,28H,17-21H2,1-2H3. The first kappa shape index (κ1) is 23.5. The summed E-state index contributed by atoms with van der Waals surface area (Å²) in [7, 11) is 0. The summed E-state index contributed by atoms with van der Waals surface area (Å²) in [6.07, 6.45) is 0.774. The van der Waals surface area contributed by atoms with Crippen LogP contribution in [0.4, 0.5) is 0 Å². The molecule has 180 valence electrons. The largest absolute Gasteiger partial charge is 0.298 e. The van der Waals surface area contributed by atoms with Crippen molar-refractivity contribution < 1.29 is 9.59 Å². The van der Waals surface area contributed by atoms with Gasteiger partial charge >= 0.3 is 0 Å². The lowest BCUT2D eigenvalue weighted by molar-refractivity contribution is 0.0492. The van der Waals surface area contributed by atoms with Gasteiger partial charge in [0, 0.05) is 38.3 Å². The highest BCUT2D eigenvalue weighted by atomic mass is 16.2. The number of carbonyl (C=O) groups excluding carboxylic acids is 2. The number of piperazine rings is 1. The van der Waals surface area contributed by atoms with Gasteiger partial charge in [-0.1, -0.05) is 72.8 Å². The van der Waals surface area contributed by atoms with E-state index in [1.165, 1.54) is 16.0 Å². The van der Waals surface area contributed by atoms with Gasteiger partial charge in [0.05, 0.1) is 17.2 Å². The molecule has 2 amide bonds. The zero-order valence-corrected chi connectivity index (χ0v) is 20.5. The second kappa shape index (κ2) is 10.1. The lowest BCUT2D eigenvalue weighted by Gasteiger charge is -2.44. The van der Waals surface area contributed by atoms with Crippen molar-refractivity contribution in [1.29, 1.82) is 0 Å². The minimum absolute atomic E-state index is 0.131. The van der Waals surface area contributed by atoms with E-state index in [1.807, 2.05) is 19.1 Å². The summed E-state index contributed by atoms with van der Waals surface area (Å²) in [5.74, 6) is -0.325. The van der Waals surface area contributed by atoms with Crippen molar-refractivity contribution in [3.63, 3.8) is 0 Å². The Bertz CT molecular complexity index is 1110. The number of hydrogen-bond donors (Lipinski definition) is 0. The van der Waals surface area contributed by atoms with Crippen molar-refractivity contribution in [1.82, 2.24) is 14.7 Å². The van der Waals surface area contributed by atoms with Gasteiger partial charge in [-0.25, -0.2) is 0 Å². The molecule has 2 aliphatic rings. The van der Waals surface area contributed by atoms with Crippen molar-refractivity contribution in [2.45, 2.75) is 38.4 Å². The number of carbonyl (C=O) groups is 2. The van der Waals surface area contributed by atoms with Crippen LogP contribution in [0.15, 0.2) is 84.9 Å². The van der Waals surface area contributed by atoms with E-state index >= 15 is 0 Å². The molecule has 0 bridgehead atoms. The third-order valence-corrected chi connectivity index (χ3v) is 7.49. The maximum atomic E-state index is 12.8. The molecule has 2 heterocycles. The van der Waals surface area contributed by atoms with Crippen LogP contribution in [0.1, 0.15) is 58.2 Å². The average molecular weight is 468 g/mol. The fourth-order valence-electron chi connectivity index (χ4n) is 5.56. The number of rotatable bonds is 7. The number of imide groups is 1. The number of fused-ring (bicyclic) bond motifs is 1. The highest BCUT2D eigenvalue weighted by Crippen LogP contribution is 2.31. The summed E-state index contributed by atoms with van der Waals surface area (Å²) in [5, 5.41) is 0. The van der Waals surface area contributed by atoms with Gasteiger partial charge in [0.15, 0.2) is 0 Å². The molecule has 5 nitrogen and oxygen atoms in total. The molecule has 0 N–H and O–H groups in total. The lowest BCUT2D eigenvalue weighted by atomic mass is 9.95. The average Bonchev–Trinajstić information content (AvgIpc) is 3.15. The molecule has 2 atom stereocenters. The first-order valence-corrected chi connectivity index (χ1v) is 12.6. The zero-order chi connectivity index (χ0) is 24.4. The van der Waals surface area contributed by atoms with Crippen LogP contribution in [0.2, 0.25) is 0 Å². The second-order valence-electron chi connectivity index (χ2n) is 9.77. The van der Waals surface area contributed by atoms with E-state index in [9.17, 15) is 9.59 Å². The first-order chi connectivity index (χ1) is 17.0. The van der Waals surface area contributed by atoms with Crippen LogP contribution in [0.5, 0.6) is 0 Å². The molecule has 1 fully saturated rings. The van der Waals surface area contributed by atoms with E-state index in [0.717, 1.165) is 32.6 Å². The number of benzene rings is 3.